The molecule has 7 heteroatoms. The summed E-state index contributed by atoms with van der Waals surface area (Å²) in [5, 5.41) is 3.30. The lowest BCUT2D eigenvalue weighted by atomic mass is 10.2. The van der Waals surface area contributed by atoms with E-state index in [1.54, 1.807) is 36.4 Å². The highest BCUT2D eigenvalue weighted by Gasteiger charge is 2.12. The molecule has 1 amide bonds. The number of carbonyl (C=O) groups excluding carboxylic acids is 2. The quantitative estimate of drug-likeness (QED) is 0.743. The number of hydrogen-bond acceptors (Lipinski definition) is 4. The maximum Gasteiger partial charge on any atom is 0.338 e. The summed E-state index contributed by atoms with van der Waals surface area (Å²) in [7, 11) is 0. The molecule has 2 rings (SSSR count). The van der Waals surface area contributed by atoms with Crippen LogP contribution in [0.25, 0.3) is 0 Å². The fourth-order valence-electron chi connectivity index (χ4n) is 1.93. The van der Waals surface area contributed by atoms with Crippen LogP contribution in [0.1, 0.15) is 24.2 Å². The number of esters is 1. The number of anilines is 1. The molecular weight excluding hydrogens is 365 g/mol. The van der Waals surface area contributed by atoms with Gasteiger partial charge in [-0.25, -0.2) is 4.79 Å². The molecule has 132 valence electrons. The maximum absolute atomic E-state index is 12.0. The van der Waals surface area contributed by atoms with Crippen LogP contribution >= 0.6 is 23.2 Å². The minimum Gasteiger partial charge on any atom is -0.491 e. The van der Waals surface area contributed by atoms with Gasteiger partial charge >= 0.3 is 5.97 Å². The summed E-state index contributed by atoms with van der Waals surface area (Å²) in [5.41, 5.74) is 0.718. The van der Waals surface area contributed by atoms with E-state index in [-0.39, 0.29) is 6.10 Å². The second kappa shape index (κ2) is 8.74. The molecule has 0 aliphatic carbocycles. The Morgan fingerprint density at radius 2 is 1.76 bits per heavy atom. The minimum atomic E-state index is -0.603. The van der Waals surface area contributed by atoms with Crippen molar-refractivity contribution in [2.45, 2.75) is 20.0 Å². The Hall–Kier alpha value is -2.24. The van der Waals surface area contributed by atoms with Crippen LogP contribution in [0.5, 0.6) is 5.75 Å². The minimum absolute atomic E-state index is 0.0428. The number of ether oxygens (including phenoxy) is 2. The van der Waals surface area contributed by atoms with Crippen molar-refractivity contribution >= 4 is 40.8 Å². The average molecular weight is 382 g/mol. The number of nitrogens with one attached hydrogen (secondary N) is 1. The third-order valence-electron chi connectivity index (χ3n) is 3.00. The van der Waals surface area contributed by atoms with E-state index in [9.17, 15) is 9.59 Å². The number of rotatable bonds is 6. The summed E-state index contributed by atoms with van der Waals surface area (Å²) in [6.45, 7) is 3.39. The summed E-state index contributed by atoms with van der Waals surface area (Å²) in [6, 6.07) is 11.2. The Morgan fingerprint density at radius 3 is 2.36 bits per heavy atom. The van der Waals surface area contributed by atoms with Gasteiger partial charge in [0.25, 0.3) is 5.91 Å². The molecule has 0 atom stereocenters. The fourth-order valence-corrected chi connectivity index (χ4v) is 2.39. The Balaban J connectivity index is 1.87. The zero-order chi connectivity index (χ0) is 18.4. The van der Waals surface area contributed by atoms with Crippen LogP contribution in [0, 0.1) is 0 Å². The van der Waals surface area contributed by atoms with Gasteiger partial charge in [-0.1, -0.05) is 23.2 Å². The van der Waals surface area contributed by atoms with Gasteiger partial charge in [-0.3, -0.25) is 4.79 Å². The molecule has 5 nitrogen and oxygen atoms in total. The molecular formula is C18H17Cl2NO4. The molecule has 0 heterocycles. The molecule has 0 fully saturated rings. The number of amides is 1. The van der Waals surface area contributed by atoms with E-state index in [1.807, 2.05) is 13.8 Å². The van der Waals surface area contributed by atoms with E-state index in [1.165, 1.54) is 6.07 Å². The molecule has 0 aromatic heterocycles. The van der Waals surface area contributed by atoms with E-state index in [4.69, 9.17) is 32.7 Å². The summed E-state index contributed by atoms with van der Waals surface area (Å²) in [6.07, 6.45) is 0.0428. The van der Waals surface area contributed by atoms with E-state index in [0.717, 1.165) is 0 Å². The summed E-state index contributed by atoms with van der Waals surface area (Å²) >= 11 is 11.8. The number of carbonyl (C=O) groups is 2. The third kappa shape index (κ3) is 5.96. The lowest BCUT2D eigenvalue weighted by molar-refractivity contribution is -0.119. The molecule has 0 aliphatic rings. The highest BCUT2D eigenvalue weighted by Crippen LogP contribution is 2.25. The zero-order valence-electron chi connectivity index (χ0n) is 13.7. The molecule has 0 aliphatic heterocycles. The molecule has 0 unspecified atom stereocenters. The Labute approximate surface area is 155 Å². The fraction of sp³-hybridized carbons (Fsp3) is 0.222. The van der Waals surface area contributed by atoms with Crippen LogP contribution in [0.2, 0.25) is 10.0 Å². The van der Waals surface area contributed by atoms with Gasteiger partial charge in [-0.2, -0.15) is 0 Å². The van der Waals surface area contributed by atoms with Crippen molar-refractivity contribution in [2.24, 2.45) is 0 Å². The van der Waals surface area contributed by atoms with Gasteiger partial charge in [0.1, 0.15) is 5.75 Å². The third-order valence-corrected chi connectivity index (χ3v) is 3.55. The second-order valence-electron chi connectivity index (χ2n) is 5.44. The predicted octanol–water partition coefficient (Wildman–Crippen LogP) is 4.58. The molecule has 0 saturated carbocycles. The first kappa shape index (κ1) is 19.1. The summed E-state index contributed by atoms with van der Waals surface area (Å²) < 4.78 is 10.5. The van der Waals surface area contributed by atoms with Crippen molar-refractivity contribution < 1.29 is 19.1 Å². The van der Waals surface area contributed by atoms with E-state index in [0.29, 0.717) is 27.0 Å². The van der Waals surface area contributed by atoms with Crippen molar-refractivity contribution in [1.82, 2.24) is 0 Å². The van der Waals surface area contributed by atoms with Crippen molar-refractivity contribution in [3.8, 4) is 5.75 Å². The van der Waals surface area contributed by atoms with Gasteiger partial charge in [0.2, 0.25) is 0 Å². The van der Waals surface area contributed by atoms with Gasteiger partial charge in [-0.05, 0) is 56.3 Å². The highest BCUT2D eigenvalue weighted by atomic mass is 35.5. The Bertz CT molecular complexity index is 760. The molecule has 2 aromatic rings. The van der Waals surface area contributed by atoms with Crippen LogP contribution in [0.4, 0.5) is 5.69 Å². The van der Waals surface area contributed by atoms with Crippen LogP contribution in [-0.4, -0.2) is 24.6 Å². The first-order valence-corrected chi connectivity index (χ1v) is 8.29. The second-order valence-corrected chi connectivity index (χ2v) is 6.28. The van der Waals surface area contributed by atoms with Crippen LogP contribution in [0.15, 0.2) is 42.5 Å². The van der Waals surface area contributed by atoms with Crippen molar-refractivity contribution in [3.05, 3.63) is 58.1 Å². The maximum atomic E-state index is 12.0. The van der Waals surface area contributed by atoms with Crippen molar-refractivity contribution in [3.63, 3.8) is 0 Å². The smallest absolute Gasteiger partial charge is 0.338 e. The molecule has 0 radical (unpaired) electrons. The molecule has 25 heavy (non-hydrogen) atoms. The van der Waals surface area contributed by atoms with Gasteiger partial charge in [0.05, 0.1) is 22.4 Å². The van der Waals surface area contributed by atoms with Crippen molar-refractivity contribution in [1.29, 1.82) is 0 Å². The van der Waals surface area contributed by atoms with E-state index >= 15 is 0 Å². The first-order valence-electron chi connectivity index (χ1n) is 7.54. The summed E-state index contributed by atoms with van der Waals surface area (Å²) in [4.78, 5) is 23.8. The zero-order valence-corrected chi connectivity index (χ0v) is 15.2. The topological polar surface area (TPSA) is 64.6 Å². The number of halogens is 2. The van der Waals surface area contributed by atoms with Gasteiger partial charge in [0, 0.05) is 5.02 Å². The van der Waals surface area contributed by atoms with Gasteiger partial charge in [-0.15, -0.1) is 0 Å². The summed E-state index contributed by atoms with van der Waals surface area (Å²) in [5.74, 6) is -0.451. The van der Waals surface area contributed by atoms with E-state index in [2.05, 4.69) is 5.32 Å². The predicted molar refractivity (Wildman–Crippen MR) is 97.6 cm³/mol. The standard InChI is InChI=1S/C18H17Cl2NO4/c1-11(2)25-14-6-3-12(4-7-14)18(23)24-10-17(22)21-16-8-5-13(19)9-15(16)20/h3-9,11H,10H2,1-2H3,(H,21,22). The molecule has 0 bridgehead atoms. The number of hydrogen-bond donors (Lipinski definition) is 1. The monoisotopic (exact) mass is 381 g/mol. The SMILES string of the molecule is CC(C)Oc1ccc(C(=O)OCC(=O)Nc2ccc(Cl)cc2Cl)cc1. The molecule has 1 N–H and O–H groups in total. The number of benzene rings is 2. The first-order chi connectivity index (χ1) is 11.8. The molecule has 0 spiro atoms. The van der Waals surface area contributed by atoms with Crippen LogP contribution in [-0.2, 0) is 9.53 Å². The van der Waals surface area contributed by atoms with Gasteiger partial charge < -0.3 is 14.8 Å². The van der Waals surface area contributed by atoms with Crippen molar-refractivity contribution in [2.75, 3.05) is 11.9 Å². The van der Waals surface area contributed by atoms with Crippen LogP contribution < -0.4 is 10.1 Å². The average Bonchev–Trinajstić information content (AvgIpc) is 2.55. The lowest BCUT2D eigenvalue weighted by Gasteiger charge is -2.10. The molecule has 2 aromatic carbocycles. The molecule has 0 saturated heterocycles. The van der Waals surface area contributed by atoms with Gasteiger partial charge in [0.15, 0.2) is 6.61 Å². The Morgan fingerprint density at radius 1 is 1.08 bits per heavy atom. The highest BCUT2D eigenvalue weighted by molar-refractivity contribution is 6.36. The van der Waals surface area contributed by atoms with E-state index < -0.39 is 18.5 Å². The largest absolute Gasteiger partial charge is 0.491 e. The lowest BCUT2D eigenvalue weighted by Crippen LogP contribution is -2.21. The van der Waals surface area contributed by atoms with Crippen LogP contribution in [0.3, 0.4) is 0 Å². The Kier molecular flexibility index (Phi) is 6.67. The normalized spacial score (nSPS) is 10.4.